The monoisotopic (exact) mass is 258 g/mol. The van der Waals surface area contributed by atoms with Crippen molar-refractivity contribution in [2.75, 3.05) is 12.4 Å². The molecule has 19 heavy (non-hydrogen) atoms. The number of hydrogen-bond acceptors (Lipinski definition) is 3. The lowest BCUT2D eigenvalue weighted by atomic mass is 10.1. The number of anilines is 1. The summed E-state index contributed by atoms with van der Waals surface area (Å²) in [4.78, 5) is 13.0. The second-order valence-corrected chi connectivity index (χ2v) is 4.47. The van der Waals surface area contributed by atoms with Crippen LogP contribution in [0, 0.1) is 0 Å². The van der Waals surface area contributed by atoms with Crippen LogP contribution in [0.5, 0.6) is 0 Å². The molecule has 0 aliphatic heterocycles. The van der Waals surface area contributed by atoms with Gasteiger partial charge in [-0.05, 0) is 17.7 Å². The fourth-order valence-corrected chi connectivity index (χ4v) is 1.77. The molecule has 0 radical (unpaired) electrons. The van der Waals surface area contributed by atoms with Gasteiger partial charge in [0.05, 0.1) is 12.2 Å². The second-order valence-electron chi connectivity index (χ2n) is 4.47. The lowest BCUT2D eigenvalue weighted by Crippen LogP contribution is -2.23. The molecule has 0 saturated carbocycles. The van der Waals surface area contributed by atoms with Crippen LogP contribution in [0.3, 0.4) is 0 Å². The van der Waals surface area contributed by atoms with E-state index < -0.39 is 0 Å². The first-order valence-electron chi connectivity index (χ1n) is 6.18. The molecule has 5 nitrogen and oxygen atoms in total. The van der Waals surface area contributed by atoms with Gasteiger partial charge in [0, 0.05) is 32.4 Å². The Balaban J connectivity index is 2.05. The van der Waals surface area contributed by atoms with Crippen LogP contribution in [0.25, 0.3) is 0 Å². The number of nitrogens with zero attached hydrogens (tertiary/aromatic N) is 2. The quantitative estimate of drug-likeness (QED) is 0.862. The van der Waals surface area contributed by atoms with Crippen LogP contribution in [0.1, 0.15) is 18.2 Å². The molecule has 1 amide bonds. The highest BCUT2D eigenvalue weighted by Crippen LogP contribution is 2.17. The van der Waals surface area contributed by atoms with Gasteiger partial charge in [0.2, 0.25) is 5.91 Å². The molecule has 0 atom stereocenters. The zero-order chi connectivity index (χ0) is 13.7. The predicted molar refractivity (Wildman–Crippen MR) is 74.5 cm³/mol. The van der Waals surface area contributed by atoms with Gasteiger partial charge in [-0.2, -0.15) is 5.10 Å². The lowest BCUT2D eigenvalue weighted by molar-refractivity contribution is -0.128. The van der Waals surface area contributed by atoms with Crippen molar-refractivity contribution in [3.63, 3.8) is 0 Å². The highest BCUT2D eigenvalue weighted by Gasteiger charge is 2.07. The summed E-state index contributed by atoms with van der Waals surface area (Å²) < 4.78 is 0. The molecular weight excluding hydrogens is 240 g/mol. The largest absolute Gasteiger partial charge is 0.379 e. The number of carbonyl (C=O) groups is 1. The van der Waals surface area contributed by atoms with Crippen LogP contribution < -0.4 is 5.32 Å². The number of aromatic amines is 1. The molecule has 2 N–H and O–H groups in total. The third kappa shape index (κ3) is 3.58. The Hall–Kier alpha value is -2.30. The average Bonchev–Trinajstić information content (AvgIpc) is 2.90. The number of amides is 1. The smallest absolute Gasteiger partial charge is 0.219 e. The van der Waals surface area contributed by atoms with E-state index in [0.717, 1.165) is 16.9 Å². The van der Waals surface area contributed by atoms with Gasteiger partial charge in [-0.3, -0.25) is 9.89 Å². The topological polar surface area (TPSA) is 61.0 Å². The van der Waals surface area contributed by atoms with E-state index >= 15 is 0 Å². The summed E-state index contributed by atoms with van der Waals surface area (Å²) in [6.45, 7) is 2.85. The van der Waals surface area contributed by atoms with E-state index in [2.05, 4.69) is 15.5 Å². The van der Waals surface area contributed by atoms with Gasteiger partial charge in [0.15, 0.2) is 0 Å². The van der Waals surface area contributed by atoms with Crippen LogP contribution in [0.4, 0.5) is 5.69 Å². The third-order valence-electron chi connectivity index (χ3n) is 2.99. The highest BCUT2D eigenvalue weighted by molar-refractivity contribution is 5.73. The summed E-state index contributed by atoms with van der Waals surface area (Å²) in [5.41, 5.74) is 3.15. The van der Waals surface area contributed by atoms with E-state index in [0.29, 0.717) is 13.1 Å². The molecule has 0 aliphatic rings. The van der Waals surface area contributed by atoms with Gasteiger partial charge in [0.25, 0.3) is 0 Å². The first kappa shape index (κ1) is 13.1. The predicted octanol–water partition coefficient (Wildman–Crippen LogP) is 2.00. The molecule has 2 aromatic rings. The van der Waals surface area contributed by atoms with Gasteiger partial charge in [-0.1, -0.05) is 18.2 Å². The number of hydrogen-bond donors (Lipinski definition) is 2. The maximum atomic E-state index is 11.3. The van der Waals surface area contributed by atoms with Gasteiger partial charge in [0.1, 0.15) is 0 Å². The molecule has 1 aromatic carbocycles. The summed E-state index contributed by atoms with van der Waals surface area (Å²) in [7, 11) is 1.80. The number of aromatic nitrogens is 2. The summed E-state index contributed by atoms with van der Waals surface area (Å²) in [6.07, 6.45) is 1.73. The second kappa shape index (κ2) is 6.04. The molecule has 2 rings (SSSR count). The third-order valence-corrected chi connectivity index (χ3v) is 2.99. The number of rotatable bonds is 5. The van der Waals surface area contributed by atoms with Crippen molar-refractivity contribution in [3.8, 4) is 0 Å². The van der Waals surface area contributed by atoms with Crippen LogP contribution in [-0.2, 0) is 17.9 Å². The van der Waals surface area contributed by atoms with Gasteiger partial charge in [-0.25, -0.2) is 0 Å². The first-order chi connectivity index (χ1) is 9.16. The number of nitrogens with one attached hydrogen (secondary N) is 2. The number of para-hydroxylation sites is 1. The van der Waals surface area contributed by atoms with E-state index in [9.17, 15) is 4.79 Å². The Kier molecular flexibility index (Phi) is 4.18. The summed E-state index contributed by atoms with van der Waals surface area (Å²) in [5, 5.41) is 10.2. The van der Waals surface area contributed by atoms with Crippen molar-refractivity contribution in [3.05, 3.63) is 47.8 Å². The Morgan fingerprint density at radius 3 is 2.84 bits per heavy atom. The molecular formula is C14H18N4O. The van der Waals surface area contributed by atoms with E-state index in [1.165, 1.54) is 0 Å². The van der Waals surface area contributed by atoms with E-state index in [4.69, 9.17) is 0 Å². The van der Waals surface area contributed by atoms with Crippen LogP contribution >= 0.6 is 0 Å². The van der Waals surface area contributed by atoms with Crippen molar-refractivity contribution < 1.29 is 4.79 Å². The summed E-state index contributed by atoms with van der Waals surface area (Å²) in [5.74, 6) is 0.0587. The van der Waals surface area contributed by atoms with Crippen LogP contribution in [0.15, 0.2) is 36.5 Å². The molecule has 5 heteroatoms. The maximum Gasteiger partial charge on any atom is 0.219 e. The van der Waals surface area contributed by atoms with Crippen LogP contribution in [-0.4, -0.2) is 28.1 Å². The van der Waals surface area contributed by atoms with Crippen molar-refractivity contribution in [1.82, 2.24) is 15.1 Å². The molecule has 0 bridgehead atoms. The summed E-state index contributed by atoms with van der Waals surface area (Å²) in [6, 6.07) is 9.92. The Bertz CT molecular complexity index is 536. The molecule has 0 fully saturated rings. The first-order valence-corrected chi connectivity index (χ1v) is 6.18. The molecule has 0 spiro atoms. The Labute approximate surface area is 112 Å². The van der Waals surface area contributed by atoms with Crippen molar-refractivity contribution in [2.45, 2.75) is 20.0 Å². The molecule has 1 heterocycles. The van der Waals surface area contributed by atoms with Crippen molar-refractivity contribution in [2.24, 2.45) is 0 Å². The molecule has 100 valence electrons. The zero-order valence-corrected chi connectivity index (χ0v) is 11.2. The fourth-order valence-electron chi connectivity index (χ4n) is 1.77. The highest BCUT2D eigenvalue weighted by atomic mass is 16.2. The normalized spacial score (nSPS) is 10.2. The van der Waals surface area contributed by atoms with Crippen molar-refractivity contribution >= 4 is 11.6 Å². The fraction of sp³-hybridized carbons (Fsp3) is 0.286. The lowest BCUT2D eigenvalue weighted by Gasteiger charge is -2.18. The van der Waals surface area contributed by atoms with E-state index in [1.54, 1.807) is 25.1 Å². The Morgan fingerprint density at radius 2 is 2.16 bits per heavy atom. The zero-order valence-electron chi connectivity index (χ0n) is 11.2. The van der Waals surface area contributed by atoms with Crippen molar-refractivity contribution in [1.29, 1.82) is 0 Å². The number of benzene rings is 1. The molecule has 1 aromatic heterocycles. The molecule has 0 unspecified atom stereocenters. The number of carbonyl (C=O) groups excluding carboxylic acids is 1. The Morgan fingerprint density at radius 1 is 1.37 bits per heavy atom. The number of H-pyrrole nitrogens is 1. The average molecular weight is 258 g/mol. The minimum Gasteiger partial charge on any atom is -0.379 e. The van der Waals surface area contributed by atoms with Crippen LogP contribution in [0.2, 0.25) is 0 Å². The molecule has 0 aliphatic carbocycles. The van der Waals surface area contributed by atoms with E-state index in [-0.39, 0.29) is 5.91 Å². The van der Waals surface area contributed by atoms with E-state index in [1.807, 2.05) is 30.3 Å². The van der Waals surface area contributed by atoms with Gasteiger partial charge in [-0.15, -0.1) is 0 Å². The minimum atomic E-state index is 0.0587. The SMILES string of the molecule is CC(=O)N(C)Cc1ccccc1NCc1ccn[nH]1. The maximum absolute atomic E-state index is 11.3. The molecule has 0 saturated heterocycles. The van der Waals surface area contributed by atoms with Gasteiger partial charge < -0.3 is 10.2 Å². The van der Waals surface area contributed by atoms with Gasteiger partial charge >= 0.3 is 0 Å². The summed E-state index contributed by atoms with van der Waals surface area (Å²) >= 11 is 0. The minimum absolute atomic E-state index is 0.0587. The standard InChI is InChI=1S/C14H18N4O/c1-11(19)18(2)10-12-5-3-4-6-14(12)15-9-13-7-8-16-17-13/h3-8,15H,9-10H2,1-2H3,(H,16,17).